The van der Waals surface area contributed by atoms with Crippen LogP contribution in [-0.2, 0) is 22.6 Å². The summed E-state index contributed by atoms with van der Waals surface area (Å²) in [7, 11) is 1.53. The van der Waals surface area contributed by atoms with Gasteiger partial charge in [0.2, 0.25) is 0 Å². The molecule has 1 heterocycles. The summed E-state index contributed by atoms with van der Waals surface area (Å²) in [6.45, 7) is 10.1. The van der Waals surface area contributed by atoms with E-state index in [1.807, 2.05) is 6.07 Å². The van der Waals surface area contributed by atoms with Crippen molar-refractivity contribution in [1.29, 1.82) is 10.5 Å². The summed E-state index contributed by atoms with van der Waals surface area (Å²) in [5, 5.41) is 19.3. The maximum Gasteiger partial charge on any atom is 0.348 e. The summed E-state index contributed by atoms with van der Waals surface area (Å²) in [5.41, 5.74) is 5.85. The van der Waals surface area contributed by atoms with E-state index >= 15 is 0 Å². The molecule has 2 aromatic carbocycles. The third kappa shape index (κ3) is 6.73. The van der Waals surface area contributed by atoms with Gasteiger partial charge < -0.3 is 14.2 Å². The van der Waals surface area contributed by atoms with Crippen LogP contribution in [0, 0.1) is 50.4 Å². The second-order valence-electron chi connectivity index (χ2n) is 9.03. The molecule has 1 aromatic heterocycles. The number of Topliss-reactive ketones (excluding diaryl/α,β-unsaturated/α-hetero) is 1. The van der Waals surface area contributed by atoms with Gasteiger partial charge in [0.15, 0.2) is 17.3 Å². The fourth-order valence-electron chi connectivity index (χ4n) is 4.30. The SMILES string of the molecule is CCOC(=O)c1sc(CC(=O)C(C#N)=Cc2ccc(OCc3c(C)cc(C)cc3C)c(OC)c2)c(C#N)c1C. The first-order chi connectivity index (χ1) is 18.6. The molecule has 0 saturated heterocycles. The lowest BCUT2D eigenvalue weighted by Crippen LogP contribution is -2.05. The Morgan fingerprint density at radius 2 is 1.72 bits per heavy atom. The maximum atomic E-state index is 13.0. The van der Waals surface area contributed by atoms with Crippen LogP contribution in [0.5, 0.6) is 11.5 Å². The molecule has 0 aliphatic carbocycles. The maximum absolute atomic E-state index is 13.0. The lowest BCUT2D eigenvalue weighted by atomic mass is 10.0. The lowest BCUT2D eigenvalue weighted by molar-refractivity contribution is -0.114. The van der Waals surface area contributed by atoms with E-state index in [4.69, 9.17) is 14.2 Å². The van der Waals surface area contributed by atoms with Gasteiger partial charge in [0.25, 0.3) is 0 Å². The molecule has 8 heteroatoms. The number of aryl methyl sites for hydroxylation is 3. The minimum atomic E-state index is -0.534. The third-order valence-electron chi connectivity index (χ3n) is 6.25. The number of hydrogen-bond acceptors (Lipinski definition) is 8. The van der Waals surface area contributed by atoms with E-state index in [0.717, 1.165) is 28.0 Å². The Balaban J connectivity index is 1.83. The van der Waals surface area contributed by atoms with Crippen molar-refractivity contribution < 1.29 is 23.8 Å². The highest BCUT2D eigenvalue weighted by molar-refractivity contribution is 7.14. The van der Waals surface area contributed by atoms with Gasteiger partial charge in [0.05, 0.1) is 24.9 Å². The first kappa shape index (κ1) is 29.2. The summed E-state index contributed by atoms with van der Waals surface area (Å²) in [4.78, 5) is 26.0. The zero-order valence-electron chi connectivity index (χ0n) is 22.9. The lowest BCUT2D eigenvalue weighted by Gasteiger charge is -2.15. The number of allylic oxidation sites excluding steroid dienone is 1. The number of carbonyl (C=O) groups is 2. The van der Waals surface area contributed by atoms with E-state index in [1.165, 1.54) is 18.7 Å². The first-order valence-corrected chi connectivity index (χ1v) is 13.2. The van der Waals surface area contributed by atoms with Gasteiger partial charge >= 0.3 is 5.97 Å². The fourth-order valence-corrected chi connectivity index (χ4v) is 5.45. The monoisotopic (exact) mass is 542 g/mol. The van der Waals surface area contributed by atoms with Crippen LogP contribution in [0.15, 0.2) is 35.9 Å². The van der Waals surface area contributed by atoms with Crippen molar-refractivity contribution in [1.82, 2.24) is 0 Å². The fraction of sp³-hybridized carbons (Fsp3) is 0.290. The van der Waals surface area contributed by atoms with Gasteiger partial charge in [-0.2, -0.15) is 10.5 Å². The predicted octanol–water partition coefficient (Wildman–Crippen LogP) is 6.34. The normalized spacial score (nSPS) is 10.9. The molecule has 0 atom stereocenters. The van der Waals surface area contributed by atoms with E-state index in [1.54, 1.807) is 32.0 Å². The van der Waals surface area contributed by atoms with Crippen molar-refractivity contribution in [2.24, 2.45) is 0 Å². The zero-order valence-corrected chi connectivity index (χ0v) is 23.7. The molecule has 0 aliphatic heterocycles. The standard InChI is InChI=1S/C31H30N2O5S/c1-7-37-31(35)30-21(5)24(16-33)29(39-30)14-26(34)23(15-32)12-22-8-9-27(28(13-22)36-6)38-17-25-19(3)10-18(2)11-20(25)4/h8-13H,7,14,17H2,1-6H3. The molecular formula is C31H30N2O5S. The smallest absolute Gasteiger partial charge is 0.348 e. The number of hydrogen-bond donors (Lipinski definition) is 0. The molecule has 0 bridgehead atoms. The van der Waals surface area contributed by atoms with Crippen LogP contribution in [0.1, 0.15) is 60.4 Å². The number of benzene rings is 2. The van der Waals surface area contributed by atoms with Gasteiger partial charge in [-0.25, -0.2) is 4.79 Å². The number of rotatable bonds is 10. The molecule has 3 aromatic rings. The Labute approximate surface area is 232 Å². The van der Waals surface area contributed by atoms with Crippen LogP contribution >= 0.6 is 11.3 Å². The van der Waals surface area contributed by atoms with Crippen LogP contribution in [0.2, 0.25) is 0 Å². The zero-order chi connectivity index (χ0) is 28.7. The van der Waals surface area contributed by atoms with Crippen molar-refractivity contribution in [3.8, 4) is 23.6 Å². The van der Waals surface area contributed by atoms with Crippen LogP contribution in [0.25, 0.3) is 6.08 Å². The van der Waals surface area contributed by atoms with Gasteiger partial charge in [-0.3, -0.25) is 4.79 Å². The number of nitrogens with zero attached hydrogens (tertiary/aromatic N) is 2. The second-order valence-corrected chi connectivity index (χ2v) is 10.1. The molecule has 200 valence electrons. The number of ether oxygens (including phenoxy) is 3. The van der Waals surface area contributed by atoms with Crippen LogP contribution in [-0.4, -0.2) is 25.5 Å². The number of esters is 1. The molecule has 0 amide bonds. The largest absolute Gasteiger partial charge is 0.493 e. The summed E-state index contributed by atoms with van der Waals surface area (Å²) in [6.07, 6.45) is 1.29. The van der Waals surface area contributed by atoms with Gasteiger partial charge in [-0.05, 0) is 80.6 Å². The molecule has 7 nitrogen and oxygen atoms in total. The third-order valence-corrected chi connectivity index (χ3v) is 7.52. The van der Waals surface area contributed by atoms with Crippen LogP contribution < -0.4 is 9.47 Å². The van der Waals surface area contributed by atoms with E-state index in [2.05, 4.69) is 39.0 Å². The Bertz CT molecular complexity index is 1510. The number of nitriles is 2. The number of methoxy groups -OCH3 is 1. The van der Waals surface area contributed by atoms with Gasteiger partial charge in [-0.1, -0.05) is 23.8 Å². The quantitative estimate of drug-likeness (QED) is 0.167. The van der Waals surface area contributed by atoms with Crippen molar-refractivity contribution >= 4 is 29.2 Å². The molecule has 0 aliphatic rings. The highest BCUT2D eigenvalue weighted by atomic mass is 32.1. The minimum absolute atomic E-state index is 0.0794. The van der Waals surface area contributed by atoms with E-state index < -0.39 is 11.8 Å². The summed E-state index contributed by atoms with van der Waals surface area (Å²) < 4.78 is 16.6. The Morgan fingerprint density at radius 3 is 2.31 bits per heavy atom. The molecule has 0 spiro atoms. The molecule has 3 rings (SSSR count). The minimum Gasteiger partial charge on any atom is -0.493 e. The van der Waals surface area contributed by atoms with Gasteiger partial charge in [-0.15, -0.1) is 11.3 Å². The molecular weight excluding hydrogens is 512 g/mol. The van der Waals surface area contributed by atoms with Gasteiger partial charge in [0.1, 0.15) is 23.6 Å². The number of thiophene rings is 1. The Morgan fingerprint density at radius 1 is 1.03 bits per heavy atom. The summed E-state index contributed by atoms with van der Waals surface area (Å²) >= 11 is 1.04. The number of ketones is 1. The van der Waals surface area contributed by atoms with Crippen molar-refractivity contribution in [2.75, 3.05) is 13.7 Å². The highest BCUT2D eigenvalue weighted by Gasteiger charge is 2.23. The van der Waals surface area contributed by atoms with Crippen molar-refractivity contribution in [3.05, 3.63) is 84.6 Å². The topological polar surface area (TPSA) is 109 Å². The van der Waals surface area contributed by atoms with E-state index in [9.17, 15) is 20.1 Å². The second kappa shape index (κ2) is 12.9. The molecule has 0 N–H and O–H groups in total. The average molecular weight is 543 g/mol. The highest BCUT2D eigenvalue weighted by Crippen LogP contribution is 2.32. The number of carbonyl (C=O) groups excluding carboxylic acids is 2. The van der Waals surface area contributed by atoms with Crippen molar-refractivity contribution in [2.45, 2.75) is 47.6 Å². The molecule has 39 heavy (non-hydrogen) atoms. The molecule has 0 radical (unpaired) electrons. The van der Waals surface area contributed by atoms with Gasteiger partial charge in [0, 0.05) is 11.3 Å². The van der Waals surface area contributed by atoms with Crippen LogP contribution in [0.3, 0.4) is 0 Å². The average Bonchev–Trinajstić information content (AvgIpc) is 3.21. The van der Waals surface area contributed by atoms with E-state index in [0.29, 0.717) is 34.1 Å². The Kier molecular flexibility index (Phi) is 9.65. The Hall–Kier alpha value is -4.40. The first-order valence-electron chi connectivity index (χ1n) is 12.3. The van der Waals surface area contributed by atoms with E-state index in [-0.39, 0.29) is 29.0 Å². The molecule has 0 unspecified atom stereocenters. The van der Waals surface area contributed by atoms with Crippen LogP contribution in [0.4, 0.5) is 0 Å². The summed E-state index contributed by atoms with van der Waals surface area (Å²) in [5.74, 6) is 0.0114. The predicted molar refractivity (Wildman–Crippen MR) is 150 cm³/mol. The molecule has 0 fully saturated rings. The summed E-state index contributed by atoms with van der Waals surface area (Å²) in [6, 6.07) is 13.4. The van der Waals surface area contributed by atoms with Crippen molar-refractivity contribution in [3.63, 3.8) is 0 Å². The molecule has 0 saturated carbocycles.